The molecule has 1 aliphatic carbocycles. The smallest absolute Gasteiger partial charge is 0.253 e. The lowest BCUT2D eigenvalue weighted by atomic mass is 10.1. The zero-order chi connectivity index (χ0) is 20.5. The minimum Gasteiger partial charge on any atom is -0.419 e. The van der Waals surface area contributed by atoms with Crippen LogP contribution in [0.2, 0.25) is 0 Å². The second-order valence-corrected chi connectivity index (χ2v) is 7.59. The van der Waals surface area contributed by atoms with Crippen molar-refractivity contribution >= 4 is 0 Å². The first-order valence-corrected chi connectivity index (χ1v) is 10.0. The van der Waals surface area contributed by atoms with Crippen molar-refractivity contribution in [3.8, 4) is 22.7 Å². The average Bonchev–Trinajstić information content (AvgIpc) is 3.40. The van der Waals surface area contributed by atoms with E-state index in [1.165, 1.54) is 12.1 Å². The Hall–Kier alpha value is -3.32. The fourth-order valence-electron chi connectivity index (χ4n) is 3.59. The quantitative estimate of drug-likeness (QED) is 0.432. The van der Waals surface area contributed by atoms with E-state index in [0.29, 0.717) is 42.4 Å². The van der Waals surface area contributed by atoms with E-state index in [1.54, 1.807) is 0 Å². The van der Waals surface area contributed by atoms with E-state index >= 15 is 0 Å². The summed E-state index contributed by atoms with van der Waals surface area (Å²) >= 11 is 0. The number of aryl methyl sites for hydroxylation is 1. The Balaban J connectivity index is 1.38. The molecule has 0 aliphatic heterocycles. The minimum atomic E-state index is -0.225. The molecule has 0 unspecified atom stereocenters. The molecule has 2 aromatic carbocycles. The SMILES string of the molecule is Cc1onc(-c2ccccc2)c1-c1nnc(CN(Cc2ccc(F)cc2)C2CC2)o1. The molecule has 0 saturated heterocycles. The number of aromatic nitrogens is 3. The summed E-state index contributed by atoms with van der Waals surface area (Å²) in [4.78, 5) is 2.29. The maximum atomic E-state index is 13.2. The third-order valence-corrected chi connectivity index (χ3v) is 5.29. The highest BCUT2D eigenvalue weighted by Crippen LogP contribution is 2.34. The van der Waals surface area contributed by atoms with Crippen molar-refractivity contribution in [3.05, 3.63) is 77.6 Å². The molecule has 30 heavy (non-hydrogen) atoms. The zero-order valence-corrected chi connectivity index (χ0v) is 16.6. The molecule has 0 amide bonds. The summed E-state index contributed by atoms with van der Waals surface area (Å²) in [6.07, 6.45) is 2.29. The molecule has 0 N–H and O–H groups in total. The van der Waals surface area contributed by atoms with Crippen molar-refractivity contribution in [3.63, 3.8) is 0 Å². The molecule has 1 fully saturated rings. The van der Waals surface area contributed by atoms with Gasteiger partial charge < -0.3 is 8.94 Å². The number of halogens is 1. The van der Waals surface area contributed by atoms with Crippen LogP contribution >= 0.6 is 0 Å². The third-order valence-electron chi connectivity index (χ3n) is 5.29. The fourth-order valence-corrected chi connectivity index (χ4v) is 3.59. The maximum Gasteiger partial charge on any atom is 0.253 e. The summed E-state index contributed by atoms with van der Waals surface area (Å²) in [6, 6.07) is 16.9. The lowest BCUT2D eigenvalue weighted by Gasteiger charge is -2.20. The van der Waals surface area contributed by atoms with Gasteiger partial charge in [0.2, 0.25) is 5.89 Å². The van der Waals surface area contributed by atoms with Crippen molar-refractivity contribution in [1.29, 1.82) is 0 Å². The largest absolute Gasteiger partial charge is 0.419 e. The van der Waals surface area contributed by atoms with E-state index in [9.17, 15) is 4.39 Å². The predicted molar refractivity (Wildman–Crippen MR) is 109 cm³/mol. The molecular formula is C23H21FN4O2. The van der Waals surface area contributed by atoms with Crippen LogP contribution in [-0.4, -0.2) is 26.3 Å². The first-order chi connectivity index (χ1) is 14.7. The van der Waals surface area contributed by atoms with E-state index in [2.05, 4.69) is 20.3 Å². The van der Waals surface area contributed by atoms with Gasteiger partial charge in [0.25, 0.3) is 5.89 Å². The molecule has 1 saturated carbocycles. The normalized spacial score (nSPS) is 13.8. The molecule has 5 rings (SSSR count). The van der Waals surface area contributed by atoms with Crippen LogP contribution in [0.25, 0.3) is 22.7 Å². The average molecular weight is 404 g/mol. The monoisotopic (exact) mass is 404 g/mol. The van der Waals surface area contributed by atoms with E-state index < -0.39 is 0 Å². The Morgan fingerprint density at radius 3 is 2.50 bits per heavy atom. The van der Waals surface area contributed by atoms with Crippen molar-refractivity contribution in [1.82, 2.24) is 20.3 Å². The molecule has 0 atom stereocenters. The van der Waals surface area contributed by atoms with E-state index in [4.69, 9.17) is 8.94 Å². The highest BCUT2D eigenvalue weighted by atomic mass is 19.1. The Bertz CT molecular complexity index is 1130. The van der Waals surface area contributed by atoms with Gasteiger partial charge >= 0.3 is 0 Å². The topological polar surface area (TPSA) is 68.2 Å². The molecule has 1 aliphatic rings. The van der Waals surface area contributed by atoms with Gasteiger partial charge in [0, 0.05) is 18.2 Å². The van der Waals surface area contributed by atoms with Crippen LogP contribution in [0.1, 0.15) is 30.1 Å². The lowest BCUT2D eigenvalue weighted by molar-refractivity contribution is 0.221. The number of hydrogen-bond donors (Lipinski definition) is 0. The molecule has 0 bridgehead atoms. The lowest BCUT2D eigenvalue weighted by Crippen LogP contribution is -2.25. The summed E-state index contributed by atoms with van der Waals surface area (Å²) < 4.78 is 24.6. The van der Waals surface area contributed by atoms with Crippen molar-refractivity contribution in [2.75, 3.05) is 0 Å². The third kappa shape index (κ3) is 3.89. The Labute approximate surface area is 173 Å². The van der Waals surface area contributed by atoms with Crippen molar-refractivity contribution in [2.45, 2.75) is 38.9 Å². The number of nitrogens with zero attached hydrogens (tertiary/aromatic N) is 4. The fraction of sp³-hybridized carbons (Fsp3) is 0.261. The summed E-state index contributed by atoms with van der Waals surface area (Å²) in [5.74, 6) is 1.35. The van der Waals surface area contributed by atoms with Crippen LogP contribution in [-0.2, 0) is 13.1 Å². The van der Waals surface area contributed by atoms with Gasteiger partial charge in [0.15, 0.2) is 0 Å². The van der Waals surface area contributed by atoms with Gasteiger partial charge in [0.05, 0.1) is 6.54 Å². The Kier molecular flexibility index (Phi) is 4.88. The summed E-state index contributed by atoms with van der Waals surface area (Å²) in [7, 11) is 0. The molecule has 7 heteroatoms. The predicted octanol–water partition coefficient (Wildman–Crippen LogP) is 5.00. The van der Waals surface area contributed by atoms with Crippen LogP contribution in [0.4, 0.5) is 4.39 Å². The standard InChI is InChI=1S/C23H21FN4O2/c1-15-21(22(27-30-15)17-5-3-2-4-6-17)23-26-25-20(29-23)14-28(19-11-12-19)13-16-7-9-18(24)10-8-16/h2-10,19H,11-14H2,1H3. The van der Waals surface area contributed by atoms with Gasteiger partial charge in [0.1, 0.15) is 22.8 Å². The molecule has 6 nitrogen and oxygen atoms in total. The van der Waals surface area contributed by atoms with Gasteiger partial charge in [-0.2, -0.15) is 0 Å². The first-order valence-electron chi connectivity index (χ1n) is 10.0. The molecular weight excluding hydrogens is 383 g/mol. The first kappa shape index (κ1) is 18.7. The zero-order valence-electron chi connectivity index (χ0n) is 16.6. The van der Waals surface area contributed by atoms with Gasteiger partial charge in [-0.25, -0.2) is 4.39 Å². The summed E-state index contributed by atoms with van der Waals surface area (Å²) in [5.41, 5.74) is 3.40. The van der Waals surface area contributed by atoms with Crippen LogP contribution in [0.15, 0.2) is 63.5 Å². The van der Waals surface area contributed by atoms with Crippen LogP contribution in [0, 0.1) is 12.7 Å². The second kappa shape index (κ2) is 7.84. The molecule has 152 valence electrons. The molecule has 4 aromatic rings. The van der Waals surface area contributed by atoms with E-state index in [-0.39, 0.29) is 5.82 Å². The Morgan fingerprint density at radius 2 is 1.77 bits per heavy atom. The highest BCUT2D eigenvalue weighted by molar-refractivity contribution is 5.77. The Morgan fingerprint density at radius 1 is 1.00 bits per heavy atom. The highest BCUT2D eigenvalue weighted by Gasteiger charge is 2.31. The number of hydrogen-bond acceptors (Lipinski definition) is 6. The second-order valence-electron chi connectivity index (χ2n) is 7.59. The van der Waals surface area contributed by atoms with Crippen molar-refractivity contribution in [2.24, 2.45) is 0 Å². The molecule has 0 spiro atoms. The van der Waals surface area contributed by atoms with Crippen molar-refractivity contribution < 1.29 is 13.3 Å². The number of rotatable bonds is 7. The van der Waals surface area contributed by atoms with Gasteiger partial charge in [-0.3, -0.25) is 4.90 Å². The number of benzene rings is 2. The van der Waals surface area contributed by atoms with E-state index in [1.807, 2.05) is 49.4 Å². The molecule has 2 aromatic heterocycles. The van der Waals surface area contributed by atoms with Crippen LogP contribution < -0.4 is 0 Å². The molecule has 2 heterocycles. The van der Waals surface area contributed by atoms with E-state index in [0.717, 1.165) is 29.5 Å². The maximum absolute atomic E-state index is 13.2. The van der Waals surface area contributed by atoms with Gasteiger partial charge in [-0.1, -0.05) is 47.6 Å². The van der Waals surface area contributed by atoms with Gasteiger partial charge in [-0.15, -0.1) is 10.2 Å². The summed E-state index contributed by atoms with van der Waals surface area (Å²) in [6.45, 7) is 3.09. The van der Waals surface area contributed by atoms with Crippen LogP contribution in [0.5, 0.6) is 0 Å². The summed E-state index contributed by atoms with van der Waals surface area (Å²) in [5, 5.41) is 12.7. The van der Waals surface area contributed by atoms with Crippen LogP contribution in [0.3, 0.4) is 0 Å². The molecule has 0 radical (unpaired) electrons. The van der Waals surface area contributed by atoms with Gasteiger partial charge in [-0.05, 0) is 37.5 Å². The minimum absolute atomic E-state index is 0.225.